The van der Waals surface area contributed by atoms with E-state index < -0.39 is 0 Å². The van der Waals surface area contributed by atoms with Gasteiger partial charge in [-0.25, -0.2) is 15.8 Å². The summed E-state index contributed by atoms with van der Waals surface area (Å²) in [5.41, 5.74) is 3.15. The Labute approximate surface area is 106 Å². The molecule has 1 unspecified atom stereocenters. The van der Waals surface area contributed by atoms with Gasteiger partial charge < -0.3 is 20.2 Å². The predicted octanol–water partition coefficient (Wildman–Crippen LogP) is 0.288. The maximum atomic E-state index is 5.55. The molecule has 1 aromatic heterocycles. The van der Waals surface area contributed by atoms with Gasteiger partial charge in [0.15, 0.2) is 0 Å². The third-order valence-corrected chi connectivity index (χ3v) is 3.30. The molecule has 7 nitrogen and oxygen atoms in total. The highest BCUT2D eigenvalue weighted by Gasteiger charge is 2.34. The summed E-state index contributed by atoms with van der Waals surface area (Å²) in [6, 6.07) is 0. The van der Waals surface area contributed by atoms with E-state index in [1.807, 2.05) is 6.92 Å². The molecule has 1 atom stereocenters. The maximum Gasteiger partial charge on any atom is 0.148 e. The third-order valence-electron chi connectivity index (χ3n) is 3.30. The maximum absolute atomic E-state index is 5.55. The number of nitrogen functional groups attached to an aromatic ring is 1. The fourth-order valence-corrected chi connectivity index (χ4v) is 1.98. The quantitative estimate of drug-likeness (QED) is 0.513. The summed E-state index contributed by atoms with van der Waals surface area (Å²) in [5.74, 6) is 6.74. The van der Waals surface area contributed by atoms with E-state index in [0.717, 1.165) is 24.4 Å². The molecular formula is C11H19N5O2. The Bertz CT molecular complexity index is 406. The lowest BCUT2D eigenvalue weighted by molar-refractivity contribution is -0.00626. The van der Waals surface area contributed by atoms with Crippen molar-refractivity contribution in [3.63, 3.8) is 0 Å². The molecule has 1 saturated heterocycles. The largest absolute Gasteiger partial charge is 0.378 e. The molecular weight excluding hydrogens is 234 g/mol. The summed E-state index contributed by atoms with van der Waals surface area (Å²) in [4.78, 5) is 8.23. The van der Waals surface area contributed by atoms with Gasteiger partial charge in [0.05, 0.1) is 6.61 Å². The molecule has 2 rings (SSSR count). The van der Waals surface area contributed by atoms with Crippen molar-refractivity contribution in [2.75, 3.05) is 37.6 Å². The van der Waals surface area contributed by atoms with Crippen molar-refractivity contribution in [1.29, 1.82) is 0 Å². The number of rotatable bonds is 5. The number of aromatic nitrogens is 2. The Morgan fingerprint density at radius 1 is 1.50 bits per heavy atom. The van der Waals surface area contributed by atoms with E-state index in [1.54, 1.807) is 7.11 Å². The van der Waals surface area contributed by atoms with Crippen LogP contribution in [-0.4, -0.2) is 42.4 Å². The fourth-order valence-electron chi connectivity index (χ4n) is 1.98. The van der Waals surface area contributed by atoms with Crippen LogP contribution in [0, 0.1) is 6.92 Å². The van der Waals surface area contributed by atoms with Crippen molar-refractivity contribution < 1.29 is 9.47 Å². The van der Waals surface area contributed by atoms with Gasteiger partial charge in [0.2, 0.25) is 0 Å². The molecule has 2 heterocycles. The van der Waals surface area contributed by atoms with Crippen LogP contribution in [-0.2, 0) is 9.47 Å². The summed E-state index contributed by atoms with van der Waals surface area (Å²) in [6.45, 7) is 3.88. The molecule has 1 aliphatic rings. The molecule has 1 aromatic rings. The van der Waals surface area contributed by atoms with Crippen LogP contribution in [0.1, 0.15) is 12.0 Å². The average Bonchev–Trinajstić information content (AvgIpc) is 2.87. The van der Waals surface area contributed by atoms with E-state index in [0.29, 0.717) is 19.0 Å². The lowest BCUT2D eigenvalue weighted by atomic mass is 10.0. The van der Waals surface area contributed by atoms with Crippen LogP contribution >= 0.6 is 0 Å². The Morgan fingerprint density at radius 3 is 2.89 bits per heavy atom. The molecule has 1 fully saturated rings. The smallest absolute Gasteiger partial charge is 0.148 e. The number of nitrogens with zero attached hydrogens (tertiary/aromatic N) is 2. The topological polar surface area (TPSA) is 94.3 Å². The normalized spacial score (nSPS) is 23.1. The van der Waals surface area contributed by atoms with Crippen LogP contribution in [0.25, 0.3) is 0 Å². The highest BCUT2D eigenvalue weighted by atomic mass is 16.5. The second-order valence-corrected chi connectivity index (χ2v) is 4.38. The zero-order valence-electron chi connectivity index (χ0n) is 10.7. The molecule has 100 valence electrons. The minimum atomic E-state index is -0.270. The summed E-state index contributed by atoms with van der Waals surface area (Å²) in [5, 5.41) is 3.27. The average molecular weight is 253 g/mol. The number of nitrogens with one attached hydrogen (secondary N) is 2. The molecule has 18 heavy (non-hydrogen) atoms. The van der Waals surface area contributed by atoms with Crippen molar-refractivity contribution in [2.24, 2.45) is 5.84 Å². The Morgan fingerprint density at radius 2 is 2.28 bits per heavy atom. The number of ether oxygens (including phenoxy) is 2. The van der Waals surface area contributed by atoms with Gasteiger partial charge in [-0.2, -0.15) is 0 Å². The molecule has 0 bridgehead atoms. The summed E-state index contributed by atoms with van der Waals surface area (Å²) >= 11 is 0. The number of hydrogen-bond donors (Lipinski definition) is 3. The number of hydrogen-bond acceptors (Lipinski definition) is 7. The second-order valence-electron chi connectivity index (χ2n) is 4.38. The first kappa shape index (κ1) is 13.0. The molecule has 0 aromatic carbocycles. The molecule has 0 radical (unpaired) electrons. The van der Waals surface area contributed by atoms with Crippen LogP contribution in [0.15, 0.2) is 6.33 Å². The van der Waals surface area contributed by atoms with E-state index in [4.69, 9.17) is 15.3 Å². The highest BCUT2D eigenvalue weighted by Crippen LogP contribution is 2.24. The number of anilines is 2. The Kier molecular flexibility index (Phi) is 3.95. The van der Waals surface area contributed by atoms with Gasteiger partial charge in [-0.3, -0.25) is 0 Å². The summed E-state index contributed by atoms with van der Waals surface area (Å²) in [6.07, 6.45) is 2.35. The van der Waals surface area contributed by atoms with Crippen molar-refractivity contribution in [2.45, 2.75) is 18.9 Å². The van der Waals surface area contributed by atoms with Crippen molar-refractivity contribution in [1.82, 2.24) is 9.97 Å². The van der Waals surface area contributed by atoms with Crippen LogP contribution in [0.3, 0.4) is 0 Å². The zero-order valence-corrected chi connectivity index (χ0v) is 10.7. The van der Waals surface area contributed by atoms with Crippen molar-refractivity contribution in [3.05, 3.63) is 11.9 Å². The first-order valence-corrected chi connectivity index (χ1v) is 5.86. The van der Waals surface area contributed by atoms with Gasteiger partial charge in [-0.05, 0) is 6.92 Å². The minimum absolute atomic E-state index is 0.270. The Balaban J connectivity index is 2.05. The molecule has 1 aliphatic heterocycles. The monoisotopic (exact) mass is 253 g/mol. The van der Waals surface area contributed by atoms with Gasteiger partial charge in [0, 0.05) is 32.2 Å². The highest BCUT2D eigenvalue weighted by molar-refractivity contribution is 5.55. The first-order valence-electron chi connectivity index (χ1n) is 5.86. The van der Waals surface area contributed by atoms with E-state index in [1.165, 1.54) is 6.33 Å². The van der Waals surface area contributed by atoms with E-state index in [2.05, 4.69) is 20.7 Å². The van der Waals surface area contributed by atoms with Crippen molar-refractivity contribution in [3.8, 4) is 0 Å². The van der Waals surface area contributed by atoms with Crippen molar-refractivity contribution >= 4 is 11.6 Å². The Hall–Kier alpha value is -1.44. The van der Waals surface area contributed by atoms with Crippen LogP contribution in [0.5, 0.6) is 0 Å². The lowest BCUT2D eigenvalue weighted by Gasteiger charge is -2.26. The summed E-state index contributed by atoms with van der Waals surface area (Å²) in [7, 11) is 1.70. The van der Waals surface area contributed by atoms with Gasteiger partial charge >= 0.3 is 0 Å². The van der Waals surface area contributed by atoms with Crippen LogP contribution in [0.2, 0.25) is 0 Å². The number of hydrazine groups is 1. The molecule has 0 spiro atoms. The molecule has 0 saturated carbocycles. The molecule has 7 heteroatoms. The SMILES string of the molecule is COC1(CNc2ncnc(NN)c2C)CCOC1. The second kappa shape index (κ2) is 5.47. The molecule has 0 amide bonds. The number of methoxy groups -OCH3 is 1. The molecule has 0 aliphatic carbocycles. The van der Waals surface area contributed by atoms with E-state index in [-0.39, 0.29) is 5.60 Å². The summed E-state index contributed by atoms with van der Waals surface area (Å²) < 4.78 is 10.9. The van der Waals surface area contributed by atoms with Crippen LogP contribution in [0.4, 0.5) is 11.6 Å². The zero-order chi connectivity index (χ0) is 13.0. The standard InChI is InChI=1S/C11H19N5O2/c1-8-9(14-7-15-10(8)16-12)13-5-11(17-2)3-4-18-6-11/h7H,3-6,12H2,1-2H3,(H2,13,14,15,16). The lowest BCUT2D eigenvalue weighted by Crippen LogP contribution is -2.39. The first-order chi connectivity index (χ1) is 8.71. The van der Waals surface area contributed by atoms with Gasteiger partial charge in [-0.15, -0.1) is 0 Å². The fraction of sp³-hybridized carbons (Fsp3) is 0.636. The van der Waals surface area contributed by atoms with Gasteiger partial charge in [0.25, 0.3) is 0 Å². The molecule has 4 N–H and O–H groups in total. The predicted molar refractivity (Wildman–Crippen MR) is 68.2 cm³/mol. The van der Waals surface area contributed by atoms with E-state index in [9.17, 15) is 0 Å². The minimum Gasteiger partial charge on any atom is -0.378 e. The van der Waals surface area contributed by atoms with Gasteiger partial charge in [-0.1, -0.05) is 0 Å². The van der Waals surface area contributed by atoms with E-state index >= 15 is 0 Å². The van der Waals surface area contributed by atoms with Gasteiger partial charge in [0.1, 0.15) is 23.6 Å². The van der Waals surface area contributed by atoms with Crippen LogP contribution < -0.4 is 16.6 Å². The third kappa shape index (κ3) is 2.53. The number of nitrogens with two attached hydrogens (primary N) is 1.